The first-order valence-corrected chi connectivity index (χ1v) is 10.6. The van der Waals surface area contributed by atoms with Crippen molar-refractivity contribution in [2.45, 2.75) is 64.9 Å². The maximum atomic E-state index is 12.8. The Kier molecular flexibility index (Phi) is 6.43. The standard InChI is InChI=1S/C23H34N2O3/c1-5-6-10-24(4)11-7-21(27)25-12-8-23(9-13-25)16-20(26)19-15-17(2)14-18(3)22(19)28-23/h14-15H,5-13,16H2,1-4H3. The van der Waals surface area contributed by atoms with Crippen LogP contribution in [0.5, 0.6) is 5.75 Å². The SMILES string of the molecule is CCCCN(C)CCC(=O)N1CCC2(CC1)CC(=O)c1cc(C)cc(C)c1O2. The van der Waals surface area contributed by atoms with Crippen molar-refractivity contribution in [3.63, 3.8) is 0 Å². The van der Waals surface area contributed by atoms with Crippen LogP contribution >= 0.6 is 0 Å². The number of likely N-dealkylation sites (tertiary alicyclic amines) is 1. The number of hydrogen-bond donors (Lipinski definition) is 0. The summed E-state index contributed by atoms with van der Waals surface area (Å²) in [4.78, 5) is 29.6. The molecule has 1 aromatic rings. The second kappa shape index (κ2) is 8.64. The Morgan fingerprint density at radius 1 is 1.21 bits per heavy atom. The van der Waals surface area contributed by atoms with Gasteiger partial charge in [0.1, 0.15) is 11.4 Å². The minimum absolute atomic E-state index is 0.172. The number of ketones is 1. The summed E-state index contributed by atoms with van der Waals surface area (Å²) >= 11 is 0. The van der Waals surface area contributed by atoms with Gasteiger partial charge < -0.3 is 14.5 Å². The van der Waals surface area contributed by atoms with Gasteiger partial charge >= 0.3 is 0 Å². The molecule has 0 unspecified atom stereocenters. The van der Waals surface area contributed by atoms with E-state index in [1.54, 1.807) is 0 Å². The van der Waals surface area contributed by atoms with Crippen molar-refractivity contribution in [2.75, 3.05) is 33.2 Å². The Hall–Kier alpha value is -1.88. The molecule has 1 amide bonds. The third-order valence-corrected chi connectivity index (χ3v) is 6.15. The summed E-state index contributed by atoms with van der Waals surface area (Å²) in [5.74, 6) is 1.14. The van der Waals surface area contributed by atoms with Gasteiger partial charge in [-0.05, 0) is 51.1 Å². The van der Waals surface area contributed by atoms with Crippen molar-refractivity contribution >= 4 is 11.7 Å². The number of piperidine rings is 1. The van der Waals surface area contributed by atoms with Crippen molar-refractivity contribution in [3.05, 3.63) is 28.8 Å². The number of Topliss-reactive ketones (excluding diaryl/α,β-unsaturated/α-hetero) is 1. The fourth-order valence-corrected chi connectivity index (χ4v) is 4.36. The van der Waals surface area contributed by atoms with Gasteiger partial charge in [-0.1, -0.05) is 19.4 Å². The molecule has 5 heteroatoms. The summed E-state index contributed by atoms with van der Waals surface area (Å²) in [6, 6.07) is 4.00. The van der Waals surface area contributed by atoms with Crippen LogP contribution in [0, 0.1) is 13.8 Å². The number of carbonyl (C=O) groups excluding carboxylic acids is 2. The van der Waals surface area contributed by atoms with Crippen LogP contribution in [0.2, 0.25) is 0 Å². The lowest BCUT2D eigenvalue weighted by molar-refractivity contribution is -0.135. The van der Waals surface area contributed by atoms with Gasteiger partial charge in [0.05, 0.1) is 12.0 Å². The van der Waals surface area contributed by atoms with Crippen molar-refractivity contribution in [1.82, 2.24) is 9.80 Å². The maximum absolute atomic E-state index is 12.8. The zero-order valence-electron chi connectivity index (χ0n) is 17.8. The van der Waals surface area contributed by atoms with E-state index in [2.05, 4.69) is 24.9 Å². The first-order chi connectivity index (χ1) is 13.3. The van der Waals surface area contributed by atoms with Crippen LogP contribution < -0.4 is 4.74 Å². The highest BCUT2D eigenvalue weighted by molar-refractivity contribution is 6.01. The second-order valence-electron chi connectivity index (χ2n) is 8.63. The van der Waals surface area contributed by atoms with E-state index in [1.165, 1.54) is 12.8 Å². The van der Waals surface area contributed by atoms with Crippen LogP contribution in [-0.4, -0.2) is 60.3 Å². The largest absolute Gasteiger partial charge is 0.486 e. The highest BCUT2D eigenvalue weighted by Gasteiger charge is 2.44. The zero-order chi connectivity index (χ0) is 20.3. The molecule has 2 aliphatic heterocycles. The Balaban J connectivity index is 1.57. The number of rotatable bonds is 6. The number of amides is 1. The molecule has 154 valence electrons. The lowest BCUT2D eigenvalue weighted by Gasteiger charge is -2.44. The first-order valence-electron chi connectivity index (χ1n) is 10.6. The average molecular weight is 387 g/mol. The van der Waals surface area contributed by atoms with Crippen molar-refractivity contribution < 1.29 is 14.3 Å². The summed E-state index contributed by atoms with van der Waals surface area (Å²) < 4.78 is 6.42. The van der Waals surface area contributed by atoms with E-state index in [0.717, 1.165) is 48.4 Å². The lowest BCUT2D eigenvalue weighted by Crippen LogP contribution is -2.52. The third kappa shape index (κ3) is 4.57. The molecular weight excluding hydrogens is 352 g/mol. The molecular formula is C23H34N2O3. The molecule has 0 saturated carbocycles. The predicted octanol–water partition coefficient (Wildman–Crippen LogP) is 3.75. The van der Waals surface area contributed by atoms with E-state index in [4.69, 9.17) is 4.74 Å². The smallest absolute Gasteiger partial charge is 0.223 e. The molecule has 1 saturated heterocycles. The quantitative estimate of drug-likeness (QED) is 0.747. The molecule has 0 aromatic heterocycles. The molecule has 28 heavy (non-hydrogen) atoms. The number of hydrogen-bond acceptors (Lipinski definition) is 4. The summed E-state index contributed by atoms with van der Waals surface area (Å²) in [6.45, 7) is 9.39. The Labute approximate surface area is 169 Å². The number of carbonyl (C=O) groups is 2. The molecule has 0 aliphatic carbocycles. The van der Waals surface area contributed by atoms with Crippen LogP contribution in [0.3, 0.4) is 0 Å². The van der Waals surface area contributed by atoms with Gasteiger partial charge in [0.25, 0.3) is 0 Å². The molecule has 1 fully saturated rings. The fourth-order valence-electron chi connectivity index (χ4n) is 4.36. The molecule has 5 nitrogen and oxygen atoms in total. The molecule has 0 radical (unpaired) electrons. The fraction of sp³-hybridized carbons (Fsp3) is 0.652. The van der Waals surface area contributed by atoms with Crippen molar-refractivity contribution in [1.29, 1.82) is 0 Å². The summed E-state index contributed by atoms with van der Waals surface area (Å²) in [6.07, 6.45) is 4.78. The van der Waals surface area contributed by atoms with Crippen LogP contribution in [0.4, 0.5) is 0 Å². The van der Waals surface area contributed by atoms with Crippen molar-refractivity contribution in [2.24, 2.45) is 0 Å². The normalized spacial score (nSPS) is 18.3. The molecule has 2 heterocycles. The number of fused-ring (bicyclic) bond motifs is 1. The number of aryl methyl sites for hydroxylation is 2. The lowest BCUT2D eigenvalue weighted by atomic mass is 9.81. The maximum Gasteiger partial charge on any atom is 0.223 e. The summed E-state index contributed by atoms with van der Waals surface area (Å²) in [5.41, 5.74) is 2.39. The predicted molar refractivity (Wildman–Crippen MR) is 111 cm³/mol. The number of nitrogens with zero attached hydrogens (tertiary/aromatic N) is 2. The van der Waals surface area contributed by atoms with Gasteiger partial charge in [-0.25, -0.2) is 0 Å². The number of unbranched alkanes of at least 4 members (excludes halogenated alkanes) is 1. The van der Waals surface area contributed by atoms with E-state index in [9.17, 15) is 9.59 Å². The Morgan fingerprint density at radius 3 is 2.61 bits per heavy atom. The second-order valence-corrected chi connectivity index (χ2v) is 8.63. The van der Waals surface area contributed by atoms with Crippen LogP contribution in [0.15, 0.2) is 12.1 Å². The minimum atomic E-state index is -0.446. The number of benzene rings is 1. The van der Waals surface area contributed by atoms with Crippen molar-refractivity contribution in [3.8, 4) is 5.75 Å². The van der Waals surface area contributed by atoms with E-state index in [-0.39, 0.29) is 11.7 Å². The van der Waals surface area contributed by atoms with Gasteiger partial charge in [0.15, 0.2) is 5.78 Å². The molecule has 2 aliphatic rings. The minimum Gasteiger partial charge on any atom is -0.486 e. The molecule has 0 atom stereocenters. The summed E-state index contributed by atoms with van der Waals surface area (Å²) in [5, 5.41) is 0. The monoisotopic (exact) mass is 386 g/mol. The van der Waals surface area contributed by atoms with Crippen LogP contribution in [-0.2, 0) is 4.79 Å². The van der Waals surface area contributed by atoms with Crippen LogP contribution in [0.25, 0.3) is 0 Å². The van der Waals surface area contributed by atoms with E-state index < -0.39 is 5.60 Å². The first kappa shape index (κ1) is 20.8. The van der Waals surface area contributed by atoms with E-state index >= 15 is 0 Å². The zero-order valence-corrected chi connectivity index (χ0v) is 17.8. The molecule has 1 spiro atoms. The summed E-state index contributed by atoms with van der Waals surface area (Å²) in [7, 11) is 2.08. The van der Waals surface area contributed by atoms with Gasteiger partial charge in [-0.3, -0.25) is 9.59 Å². The van der Waals surface area contributed by atoms with E-state index in [0.29, 0.717) is 25.9 Å². The average Bonchev–Trinajstić information content (AvgIpc) is 2.66. The van der Waals surface area contributed by atoms with Crippen LogP contribution in [0.1, 0.15) is 66.9 Å². The van der Waals surface area contributed by atoms with Gasteiger partial charge in [0, 0.05) is 38.9 Å². The highest BCUT2D eigenvalue weighted by Crippen LogP contribution is 2.41. The Bertz CT molecular complexity index is 736. The topological polar surface area (TPSA) is 49.9 Å². The number of ether oxygens (including phenoxy) is 1. The third-order valence-electron chi connectivity index (χ3n) is 6.15. The molecule has 3 rings (SSSR count). The van der Waals surface area contributed by atoms with Gasteiger partial charge in [-0.15, -0.1) is 0 Å². The highest BCUT2D eigenvalue weighted by atomic mass is 16.5. The van der Waals surface area contributed by atoms with E-state index in [1.807, 2.05) is 24.8 Å². The molecule has 0 bridgehead atoms. The Morgan fingerprint density at radius 2 is 1.93 bits per heavy atom. The van der Waals surface area contributed by atoms with Gasteiger partial charge in [-0.2, -0.15) is 0 Å². The molecule has 0 N–H and O–H groups in total. The van der Waals surface area contributed by atoms with Gasteiger partial charge in [0.2, 0.25) is 5.91 Å². The molecule has 1 aromatic carbocycles.